The second kappa shape index (κ2) is 4.17. The lowest BCUT2D eigenvalue weighted by Gasteiger charge is -2.21. The van der Waals surface area contributed by atoms with Crippen LogP contribution in [-0.4, -0.2) is 35.5 Å². The van der Waals surface area contributed by atoms with E-state index in [2.05, 4.69) is 22.9 Å². The molecular weight excluding hydrogens is 247 g/mol. The van der Waals surface area contributed by atoms with Gasteiger partial charge in [0.05, 0.1) is 0 Å². The van der Waals surface area contributed by atoms with Crippen molar-refractivity contribution in [3.05, 3.63) is 0 Å². The number of hydrogen-bond acceptors (Lipinski definition) is 1. The molecular formula is C8H13BrF3N. The van der Waals surface area contributed by atoms with Gasteiger partial charge in [0.15, 0.2) is 0 Å². The summed E-state index contributed by atoms with van der Waals surface area (Å²) in [5, 5.41) is 0. The molecule has 78 valence electrons. The van der Waals surface area contributed by atoms with E-state index in [9.17, 15) is 13.2 Å². The summed E-state index contributed by atoms with van der Waals surface area (Å²) < 4.78 is 36.4. The molecule has 1 aliphatic rings. The van der Waals surface area contributed by atoms with Crippen LogP contribution in [0.15, 0.2) is 0 Å². The molecule has 13 heavy (non-hydrogen) atoms. The van der Waals surface area contributed by atoms with Crippen molar-refractivity contribution in [1.82, 2.24) is 4.90 Å². The van der Waals surface area contributed by atoms with Crippen molar-refractivity contribution in [3.63, 3.8) is 0 Å². The normalized spacial score (nSPS) is 27.9. The fraction of sp³-hybridized carbons (Fsp3) is 1.00. The van der Waals surface area contributed by atoms with E-state index >= 15 is 0 Å². The molecule has 0 spiro atoms. The van der Waals surface area contributed by atoms with Crippen LogP contribution in [0.5, 0.6) is 0 Å². The summed E-state index contributed by atoms with van der Waals surface area (Å²) in [6.45, 7) is 3.72. The smallest absolute Gasteiger partial charge is 0.302 e. The molecule has 0 amide bonds. The van der Waals surface area contributed by atoms with Crippen molar-refractivity contribution in [1.29, 1.82) is 0 Å². The van der Waals surface area contributed by atoms with Crippen molar-refractivity contribution >= 4 is 15.9 Å². The molecule has 0 aromatic heterocycles. The minimum atomic E-state index is -4.12. The molecule has 0 bridgehead atoms. The van der Waals surface area contributed by atoms with Gasteiger partial charge in [0.2, 0.25) is 0 Å². The van der Waals surface area contributed by atoms with Crippen LogP contribution in [0.1, 0.15) is 13.3 Å². The molecule has 0 radical (unpaired) electrons. The highest BCUT2D eigenvalue weighted by Crippen LogP contribution is 2.28. The van der Waals surface area contributed by atoms with Crippen LogP contribution in [0.4, 0.5) is 13.2 Å². The summed E-state index contributed by atoms with van der Waals surface area (Å²) in [7, 11) is 0. The Bertz CT molecular complexity index is 171. The summed E-state index contributed by atoms with van der Waals surface area (Å²) in [5.74, 6) is 0.535. The lowest BCUT2D eigenvalue weighted by molar-refractivity contribution is -0.130. The molecule has 0 aromatic carbocycles. The average molecular weight is 260 g/mol. The molecule has 2 atom stereocenters. The summed E-state index contributed by atoms with van der Waals surface area (Å²) in [6, 6.07) is 0. The Morgan fingerprint density at radius 1 is 1.54 bits per heavy atom. The second-order valence-corrected chi connectivity index (χ2v) is 4.77. The van der Waals surface area contributed by atoms with Gasteiger partial charge in [0.25, 0.3) is 0 Å². The lowest BCUT2D eigenvalue weighted by atomic mass is 10.2. The lowest BCUT2D eigenvalue weighted by Crippen LogP contribution is -2.36. The molecule has 1 rings (SSSR count). The molecule has 5 heteroatoms. The van der Waals surface area contributed by atoms with Gasteiger partial charge in [-0.1, -0.05) is 22.9 Å². The van der Waals surface area contributed by atoms with Crippen LogP contribution in [0.25, 0.3) is 0 Å². The fourth-order valence-corrected chi connectivity index (χ4v) is 1.93. The Hall–Kier alpha value is 0.230. The molecule has 1 aliphatic heterocycles. The van der Waals surface area contributed by atoms with Gasteiger partial charge in [0, 0.05) is 13.1 Å². The van der Waals surface area contributed by atoms with E-state index in [0.29, 0.717) is 5.92 Å². The first-order valence-corrected chi connectivity index (χ1v) is 5.24. The summed E-state index contributed by atoms with van der Waals surface area (Å²) in [5.41, 5.74) is 0. The fourth-order valence-electron chi connectivity index (χ4n) is 1.52. The highest BCUT2D eigenvalue weighted by atomic mass is 79.9. The van der Waals surface area contributed by atoms with E-state index in [1.807, 2.05) is 4.90 Å². The van der Waals surface area contributed by atoms with Crippen molar-refractivity contribution < 1.29 is 13.2 Å². The number of likely N-dealkylation sites (tertiary alicyclic amines) is 1. The Kier molecular flexibility index (Phi) is 3.63. The number of hydrogen-bond donors (Lipinski definition) is 0. The third-order valence-electron chi connectivity index (χ3n) is 2.28. The zero-order valence-electron chi connectivity index (χ0n) is 7.44. The van der Waals surface area contributed by atoms with Crippen molar-refractivity contribution in [3.8, 4) is 0 Å². The van der Waals surface area contributed by atoms with Gasteiger partial charge in [-0.25, -0.2) is 0 Å². The zero-order chi connectivity index (χ0) is 10.1. The predicted octanol–water partition coefficient (Wildman–Crippen LogP) is 2.65. The highest BCUT2D eigenvalue weighted by molar-refractivity contribution is 9.09. The van der Waals surface area contributed by atoms with E-state index in [0.717, 1.165) is 19.5 Å². The Morgan fingerprint density at radius 2 is 2.15 bits per heavy atom. The van der Waals surface area contributed by atoms with Crippen molar-refractivity contribution in [2.24, 2.45) is 5.92 Å². The summed E-state index contributed by atoms with van der Waals surface area (Å²) in [6.07, 6.45) is -3.11. The van der Waals surface area contributed by atoms with Crippen LogP contribution in [0.3, 0.4) is 0 Å². The minimum Gasteiger partial charge on any atom is -0.302 e. The van der Waals surface area contributed by atoms with E-state index in [4.69, 9.17) is 0 Å². The number of halogens is 4. The molecule has 1 saturated heterocycles. The second-order valence-electron chi connectivity index (χ2n) is 3.66. The van der Waals surface area contributed by atoms with Crippen LogP contribution >= 0.6 is 15.9 Å². The number of nitrogens with zero attached hydrogens (tertiary/aromatic N) is 1. The molecule has 0 aromatic rings. The quantitative estimate of drug-likeness (QED) is 0.690. The third kappa shape index (κ3) is 3.46. The molecule has 0 N–H and O–H groups in total. The van der Waals surface area contributed by atoms with Gasteiger partial charge >= 0.3 is 6.18 Å². The van der Waals surface area contributed by atoms with E-state index in [-0.39, 0.29) is 6.54 Å². The Balaban J connectivity index is 2.33. The van der Waals surface area contributed by atoms with Crippen LogP contribution < -0.4 is 0 Å². The average Bonchev–Trinajstić information content (AvgIpc) is 2.33. The molecule has 0 saturated carbocycles. The summed E-state index contributed by atoms with van der Waals surface area (Å²) in [4.78, 5) is 0.475. The van der Waals surface area contributed by atoms with E-state index in [1.54, 1.807) is 0 Å². The van der Waals surface area contributed by atoms with Gasteiger partial charge in [-0.15, -0.1) is 0 Å². The molecule has 2 unspecified atom stereocenters. The van der Waals surface area contributed by atoms with Gasteiger partial charge in [-0.05, 0) is 18.9 Å². The third-order valence-corrected chi connectivity index (χ3v) is 3.09. The molecule has 0 aliphatic carbocycles. The first-order valence-electron chi connectivity index (χ1n) is 4.32. The SMILES string of the molecule is CC1CCN(CC(Br)C(F)(F)F)C1. The number of alkyl halides is 4. The van der Waals surface area contributed by atoms with Gasteiger partial charge in [-0.3, -0.25) is 0 Å². The molecule has 1 heterocycles. The van der Waals surface area contributed by atoms with E-state index < -0.39 is 11.0 Å². The summed E-state index contributed by atoms with van der Waals surface area (Å²) >= 11 is 2.66. The monoisotopic (exact) mass is 259 g/mol. The highest BCUT2D eigenvalue weighted by Gasteiger charge is 2.39. The molecule has 1 fully saturated rings. The first-order chi connectivity index (χ1) is 5.89. The Morgan fingerprint density at radius 3 is 2.54 bits per heavy atom. The Labute approximate surface area is 84.4 Å². The van der Waals surface area contributed by atoms with Gasteiger partial charge < -0.3 is 4.90 Å². The molecule has 1 nitrogen and oxygen atoms in total. The zero-order valence-corrected chi connectivity index (χ0v) is 9.03. The van der Waals surface area contributed by atoms with Crippen molar-refractivity contribution in [2.45, 2.75) is 24.3 Å². The largest absolute Gasteiger partial charge is 0.402 e. The number of rotatable bonds is 2. The maximum atomic E-state index is 12.1. The van der Waals surface area contributed by atoms with Crippen molar-refractivity contribution in [2.75, 3.05) is 19.6 Å². The van der Waals surface area contributed by atoms with Crippen LogP contribution in [0, 0.1) is 5.92 Å². The van der Waals surface area contributed by atoms with Gasteiger partial charge in [-0.2, -0.15) is 13.2 Å². The maximum Gasteiger partial charge on any atom is 0.402 e. The minimum absolute atomic E-state index is 0.0772. The standard InChI is InChI=1S/C8H13BrF3N/c1-6-2-3-13(4-6)5-7(9)8(10,11)12/h6-7H,2-5H2,1H3. The van der Waals surface area contributed by atoms with Gasteiger partial charge in [0.1, 0.15) is 4.83 Å². The van der Waals surface area contributed by atoms with Crippen LogP contribution in [0.2, 0.25) is 0 Å². The first kappa shape index (κ1) is 11.3. The van der Waals surface area contributed by atoms with E-state index in [1.165, 1.54) is 0 Å². The predicted molar refractivity (Wildman–Crippen MR) is 49.0 cm³/mol. The maximum absolute atomic E-state index is 12.1. The topological polar surface area (TPSA) is 3.24 Å². The van der Waals surface area contributed by atoms with Crippen LogP contribution in [-0.2, 0) is 0 Å².